The second kappa shape index (κ2) is 7.75. The molecule has 8 heteroatoms. The van der Waals surface area contributed by atoms with Gasteiger partial charge >= 0.3 is 5.97 Å². The molecule has 1 aliphatic rings. The summed E-state index contributed by atoms with van der Waals surface area (Å²) in [6.45, 7) is 7.64. The highest BCUT2D eigenvalue weighted by Crippen LogP contribution is 2.32. The van der Waals surface area contributed by atoms with Gasteiger partial charge in [0.25, 0.3) is 0 Å². The van der Waals surface area contributed by atoms with Crippen LogP contribution in [0.1, 0.15) is 58.7 Å². The Morgan fingerprint density at radius 2 is 2.07 bits per heavy atom. The Labute approximate surface area is 168 Å². The summed E-state index contributed by atoms with van der Waals surface area (Å²) in [5.74, 6) is -1.15. The zero-order chi connectivity index (χ0) is 20.6. The van der Waals surface area contributed by atoms with E-state index in [1.54, 1.807) is 36.7 Å². The van der Waals surface area contributed by atoms with E-state index in [0.29, 0.717) is 29.4 Å². The van der Waals surface area contributed by atoms with Crippen molar-refractivity contribution in [1.29, 1.82) is 0 Å². The zero-order valence-corrected chi connectivity index (χ0v) is 17.0. The minimum absolute atomic E-state index is 0.102. The molecule has 148 valence electrons. The quantitative estimate of drug-likeness (QED) is 0.587. The van der Waals surface area contributed by atoms with Crippen LogP contribution in [0, 0.1) is 12.8 Å². The molecule has 0 unspecified atom stereocenters. The predicted molar refractivity (Wildman–Crippen MR) is 105 cm³/mol. The van der Waals surface area contributed by atoms with E-state index in [2.05, 4.69) is 10.4 Å². The molecule has 28 heavy (non-hydrogen) atoms. The van der Waals surface area contributed by atoms with Gasteiger partial charge in [0.15, 0.2) is 12.4 Å². The van der Waals surface area contributed by atoms with Crippen LogP contribution in [-0.4, -0.2) is 34.0 Å². The standard InChI is InChI=1S/C20H22ClN3O4/c1-10(2)8-24-18(21)17(12(4)23-24)20(27)28-9-16(25)13-5-6-15-14(7-13)11(3)19(26)22-15/h5-7,10-11H,8-9H2,1-4H3,(H,22,26)/t11-/m0/s1. The Morgan fingerprint density at radius 1 is 1.36 bits per heavy atom. The first-order valence-electron chi connectivity index (χ1n) is 9.07. The van der Waals surface area contributed by atoms with E-state index in [1.807, 2.05) is 13.8 Å². The van der Waals surface area contributed by atoms with Gasteiger partial charge in [0.1, 0.15) is 10.7 Å². The molecule has 2 aromatic rings. The van der Waals surface area contributed by atoms with Crippen molar-refractivity contribution in [3.8, 4) is 0 Å². The number of hydrogen-bond donors (Lipinski definition) is 1. The SMILES string of the molecule is Cc1nn(CC(C)C)c(Cl)c1C(=O)OCC(=O)c1ccc2c(c1)[C@H](C)C(=O)N2. The van der Waals surface area contributed by atoms with Gasteiger partial charge in [-0.05, 0) is 43.5 Å². The largest absolute Gasteiger partial charge is 0.454 e. The van der Waals surface area contributed by atoms with Gasteiger partial charge in [-0.15, -0.1) is 0 Å². The summed E-state index contributed by atoms with van der Waals surface area (Å²) in [5.41, 5.74) is 2.47. The van der Waals surface area contributed by atoms with Crippen LogP contribution in [0.3, 0.4) is 0 Å². The van der Waals surface area contributed by atoms with E-state index in [0.717, 1.165) is 5.56 Å². The number of esters is 1. The summed E-state index contributed by atoms with van der Waals surface area (Å²) in [5, 5.41) is 7.23. The molecule has 0 bridgehead atoms. The Hall–Kier alpha value is -2.67. The third kappa shape index (κ3) is 3.80. The number of amides is 1. The number of aromatic nitrogens is 2. The molecule has 1 atom stereocenters. The molecule has 0 saturated heterocycles. The van der Waals surface area contributed by atoms with Crippen LogP contribution < -0.4 is 5.32 Å². The summed E-state index contributed by atoms with van der Waals surface area (Å²) >= 11 is 6.27. The lowest BCUT2D eigenvalue weighted by atomic mass is 9.99. The van der Waals surface area contributed by atoms with E-state index in [9.17, 15) is 14.4 Å². The zero-order valence-electron chi connectivity index (χ0n) is 16.2. The van der Waals surface area contributed by atoms with Gasteiger partial charge in [0.2, 0.25) is 5.91 Å². The lowest BCUT2D eigenvalue weighted by molar-refractivity contribution is -0.116. The Morgan fingerprint density at radius 3 is 2.75 bits per heavy atom. The maximum absolute atomic E-state index is 12.5. The highest BCUT2D eigenvalue weighted by molar-refractivity contribution is 6.32. The monoisotopic (exact) mass is 403 g/mol. The highest BCUT2D eigenvalue weighted by atomic mass is 35.5. The van der Waals surface area contributed by atoms with E-state index >= 15 is 0 Å². The number of hydrogen-bond acceptors (Lipinski definition) is 5. The lowest BCUT2D eigenvalue weighted by Crippen LogP contribution is -2.15. The van der Waals surface area contributed by atoms with E-state index < -0.39 is 12.6 Å². The molecule has 1 N–H and O–H groups in total. The molecule has 1 amide bonds. The number of fused-ring (bicyclic) bond motifs is 1. The smallest absolute Gasteiger partial charge is 0.343 e. The highest BCUT2D eigenvalue weighted by Gasteiger charge is 2.28. The van der Waals surface area contributed by atoms with Crippen LogP contribution in [0.5, 0.6) is 0 Å². The minimum atomic E-state index is -0.683. The van der Waals surface area contributed by atoms with Crippen molar-refractivity contribution in [3.05, 3.63) is 45.7 Å². The summed E-state index contributed by atoms with van der Waals surface area (Å²) < 4.78 is 6.74. The molecule has 1 aliphatic heterocycles. The Balaban J connectivity index is 1.70. The number of rotatable bonds is 6. The fourth-order valence-electron chi connectivity index (χ4n) is 3.13. The summed E-state index contributed by atoms with van der Waals surface area (Å²) in [4.78, 5) is 36.6. The number of nitrogens with one attached hydrogen (secondary N) is 1. The molecular weight excluding hydrogens is 382 g/mol. The number of carbonyl (C=O) groups excluding carboxylic acids is 3. The van der Waals surface area contributed by atoms with E-state index in [4.69, 9.17) is 16.3 Å². The van der Waals surface area contributed by atoms with Crippen molar-refractivity contribution in [3.63, 3.8) is 0 Å². The number of ether oxygens (including phenoxy) is 1. The van der Waals surface area contributed by atoms with Crippen molar-refractivity contribution < 1.29 is 19.1 Å². The minimum Gasteiger partial charge on any atom is -0.454 e. The molecule has 0 spiro atoms. The van der Waals surface area contributed by atoms with Crippen LogP contribution in [0.15, 0.2) is 18.2 Å². The topological polar surface area (TPSA) is 90.3 Å². The summed E-state index contributed by atoms with van der Waals surface area (Å²) in [7, 11) is 0. The van der Waals surface area contributed by atoms with Crippen LogP contribution in [-0.2, 0) is 16.1 Å². The molecule has 0 radical (unpaired) electrons. The van der Waals surface area contributed by atoms with E-state index in [-0.39, 0.29) is 28.3 Å². The molecular formula is C20H22ClN3O4. The van der Waals surface area contributed by atoms with Gasteiger partial charge in [-0.1, -0.05) is 25.4 Å². The predicted octanol–water partition coefficient (Wildman–Crippen LogP) is 3.60. The van der Waals surface area contributed by atoms with Gasteiger partial charge in [-0.25, -0.2) is 4.79 Å². The van der Waals surface area contributed by atoms with Crippen LogP contribution in [0.4, 0.5) is 5.69 Å². The lowest BCUT2D eigenvalue weighted by Gasteiger charge is -2.08. The third-order valence-electron chi connectivity index (χ3n) is 4.63. The number of ketones is 1. The fraction of sp³-hybridized carbons (Fsp3) is 0.400. The molecule has 0 saturated carbocycles. The molecule has 1 aromatic carbocycles. The normalized spacial score (nSPS) is 15.5. The molecule has 0 fully saturated rings. The number of aryl methyl sites for hydroxylation is 1. The Bertz CT molecular complexity index is 965. The average molecular weight is 404 g/mol. The van der Waals surface area contributed by atoms with Crippen molar-refractivity contribution >= 4 is 34.9 Å². The van der Waals surface area contributed by atoms with Crippen molar-refractivity contribution in [2.24, 2.45) is 5.92 Å². The molecule has 7 nitrogen and oxygen atoms in total. The number of benzene rings is 1. The maximum atomic E-state index is 12.5. The van der Waals surface area contributed by atoms with Gasteiger partial charge in [0.05, 0.1) is 11.6 Å². The number of Topliss-reactive ketones (excluding diaryl/α,β-unsaturated/α-hetero) is 1. The fourth-order valence-corrected chi connectivity index (χ4v) is 3.45. The third-order valence-corrected chi connectivity index (χ3v) is 5.02. The van der Waals surface area contributed by atoms with Crippen LogP contribution >= 0.6 is 11.6 Å². The van der Waals surface area contributed by atoms with Gasteiger partial charge < -0.3 is 10.1 Å². The number of nitrogens with zero attached hydrogens (tertiary/aromatic N) is 2. The molecule has 0 aliphatic carbocycles. The summed E-state index contributed by atoms with van der Waals surface area (Å²) in [6.07, 6.45) is 0. The second-order valence-electron chi connectivity index (χ2n) is 7.34. The molecule has 1 aromatic heterocycles. The van der Waals surface area contributed by atoms with Gasteiger partial charge in [0, 0.05) is 17.8 Å². The average Bonchev–Trinajstić information content (AvgIpc) is 3.07. The van der Waals surface area contributed by atoms with Crippen molar-refractivity contribution in [2.75, 3.05) is 11.9 Å². The summed E-state index contributed by atoms with van der Waals surface area (Å²) in [6, 6.07) is 4.95. The van der Waals surface area contributed by atoms with Crippen molar-refractivity contribution in [2.45, 2.75) is 40.2 Å². The van der Waals surface area contributed by atoms with E-state index in [1.165, 1.54) is 0 Å². The first-order chi connectivity index (χ1) is 13.2. The second-order valence-corrected chi connectivity index (χ2v) is 7.70. The first-order valence-corrected chi connectivity index (χ1v) is 9.44. The molecule has 3 rings (SSSR count). The number of anilines is 1. The van der Waals surface area contributed by atoms with Gasteiger partial charge in [-0.2, -0.15) is 5.10 Å². The first kappa shape index (κ1) is 20.1. The van der Waals surface area contributed by atoms with Crippen molar-refractivity contribution in [1.82, 2.24) is 9.78 Å². The molecule has 2 heterocycles. The Kier molecular flexibility index (Phi) is 5.56. The van der Waals surface area contributed by atoms with Crippen LogP contribution in [0.25, 0.3) is 0 Å². The van der Waals surface area contributed by atoms with Crippen LogP contribution in [0.2, 0.25) is 5.15 Å². The maximum Gasteiger partial charge on any atom is 0.343 e. The number of halogens is 1. The van der Waals surface area contributed by atoms with Gasteiger partial charge in [-0.3, -0.25) is 14.3 Å². The number of carbonyl (C=O) groups is 3.